The SMILES string of the molecule is C#Cc1c(F)ccc2cc(O)cc(-c3nc4c5c(nc(OC[C@@]67CCCN6C[C@H](F)C7)nc5c3F)N3C[C@@H](CC)NC[C@H]3CO4)c12. The van der Waals surface area contributed by atoms with Crippen molar-refractivity contribution in [1.82, 2.24) is 25.2 Å². The number of halogens is 3. The Morgan fingerprint density at radius 1 is 1.20 bits per heavy atom. The van der Waals surface area contributed by atoms with Crippen LogP contribution >= 0.6 is 0 Å². The molecule has 2 aromatic heterocycles. The average Bonchev–Trinajstić information content (AvgIpc) is 3.53. The van der Waals surface area contributed by atoms with Gasteiger partial charge in [-0.25, -0.2) is 18.2 Å². The highest BCUT2D eigenvalue weighted by Gasteiger charge is 2.49. The molecular weight excluding hydrogens is 597 g/mol. The highest BCUT2D eigenvalue weighted by molar-refractivity contribution is 6.04. The molecule has 0 aliphatic carbocycles. The number of pyridine rings is 1. The number of anilines is 1. The van der Waals surface area contributed by atoms with Crippen LogP contribution in [-0.4, -0.2) is 88.1 Å². The number of aromatic nitrogens is 3. The minimum absolute atomic E-state index is 0.0311. The number of rotatable bonds is 5. The van der Waals surface area contributed by atoms with Gasteiger partial charge in [0.05, 0.1) is 17.1 Å². The summed E-state index contributed by atoms with van der Waals surface area (Å²) in [6.45, 7) is 4.89. The van der Waals surface area contributed by atoms with Crippen molar-refractivity contribution in [2.75, 3.05) is 44.3 Å². The van der Waals surface area contributed by atoms with E-state index in [1.165, 1.54) is 24.3 Å². The second kappa shape index (κ2) is 10.9. The maximum atomic E-state index is 17.0. The second-order valence-corrected chi connectivity index (χ2v) is 12.8. The molecule has 0 spiro atoms. The Kier molecular flexibility index (Phi) is 6.88. The summed E-state index contributed by atoms with van der Waals surface area (Å²) in [7, 11) is 0. The molecule has 4 aromatic rings. The molecular formula is C34H33F3N6O3. The number of phenols is 1. The van der Waals surface area contributed by atoms with Crippen molar-refractivity contribution in [2.24, 2.45) is 0 Å². The molecule has 12 heteroatoms. The lowest BCUT2D eigenvalue weighted by Crippen LogP contribution is -2.58. The molecule has 2 aromatic carbocycles. The van der Waals surface area contributed by atoms with Crippen molar-refractivity contribution in [2.45, 2.75) is 56.4 Å². The molecule has 0 radical (unpaired) electrons. The highest BCUT2D eigenvalue weighted by atomic mass is 19.1. The van der Waals surface area contributed by atoms with Gasteiger partial charge in [-0.1, -0.05) is 18.9 Å². The van der Waals surface area contributed by atoms with Gasteiger partial charge in [0.1, 0.15) is 53.4 Å². The fourth-order valence-electron chi connectivity index (χ4n) is 7.78. The van der Waals surface area contributed by atoms with Gasteiger partial charge in [-0.2, -0.15) is 9.97 Å². The first-order valence-electron chi connectivity index (χ1n) is 15.8. The molecule has 6 heterocycles. The Labute approximate surface area is 263 Å². The molecule has 46 heavy (non-hydrogen) atoms. The molecule has 4 atom stereocenters. The molecule has 0 bridgehead atoms. The predicted molar refractivity (Wildman–Crippen MR) is 167 cm³/mol. The van der Waals surface area contributed by atoms with Crippen molar-refractivity contribution >= 4 is 27.5 Å². The van der Waals surface area contributed by atoms with Crippen LogP contribution in [0.15, 0.2) is 24.3 Å². The van der Waals surface area contributed by atoms with E-state index < -0.39 is 23.3 Å². The van der Waals surface area contributed by atoms with E-state index in [1.807, 2.05) is 0 Å². The fraction of sp³-hybridized carbons (Fsp3) is 0.441. The van der Waals surface area contributed by atoms with E-state index in [9.17, 15) is 13.9 Å². The summed E-state index contributed by atoms with van der Waals surface area (Å²) in [6, 6.07) is 5.42. The van der Waals surface area contributed by atoms with Crippen molar-refractivity contribution in [3.8, 4) is 41.2 Å². The molecule has 238 valence electrons. The maximum Gasteiger partial charge on any atom is 0.319 e. The minimum atomic E-state index is -0.931. The lowest BCUT2D eigenvalue weighted by atomic mass is 9.95. The van der Waals surface area contributed by atoms with Crippen LogP contribution in [0.25, 0.3) is 32.9 Å². The number of nitrogens with one attached hydrogen (secondary N) is 1. The third kappa shape index (κ3) is 4.51. The number of hydrogen-bond acceptors (Lipinski definition) is 9. The van der Waals surface area contributed by atoms with Gasteiger partial charge in [0.15, 0.2) is 5.82 Å². The van der Waals surface area contributed by atoms with Gasteiger partial charge < -0.3 is 24.8 Å². The van der Waals surface area contributed by atoms with E-state index in [1.54, 1.807) is 0 Å². The third-order valence-electron chi connectivity index (χ3n) is 10.1. The van der Waals surface area contributed by atoms with Gasteiger partial charge in [0.25, 0.3) is 0 Å². The topological polar surface area (TPSA) is 95.9 Å². The van der Waals surface area contributed by atoms with Crippen molar-refractivity contribution in [1.29, 1.82) is 0 Å². The largest absolute Gasteiger partial charge is 0.508 e. The molecule has 4 aliphatic rings. The lowest BCUT2D eigenvalue weighted by molar-refractivity contribution is 0.107. The van der Waals surface area contributed by atoms with Crippen LogP contribution in [0, 0.1) is 24.0 Å². The zero-order valence-corrected chi connectivity index (χ0v) is 25.3. The van der Waals surface area contributed by atoms with E-state index in [2.05, 4.69) is 37.9 Å². The number of fused-ring (bicyclic) bond motifs is 4. The molecule has 2 N–H and O–H groups in total. The summed E-state index contributed by atoms with van der Waals surface area (Å²) in [5, 5.41) is 15.1. The molecule has 0 saturated carbocycles. The van der Waals surface area contributed by atoms with Gasteiger partial charge in [0.2, 0.25) is 5.88 Å². The van der Waals surface area contributed by atoms with Gasteiger partial charge in [-0.05, 0) is 49.4 Å². The normalized spacial score (nSPS) is 25.6. The third-order valence-corrected chi connectivity index (χ3v) is 10.1. The first-order valence-corrected chi connectivity index (χ1v) is 15.8. The summed E-state index contributed by atoms with van der Waals surface area (Å²) in [4.78, 5) is 18.3. The zero-order valence-electron chi connectivity index (χ0n) is 25.3. The number of hydrogen-bond donors (Lipinski definition) is 2. The van der Waals surface area contributed by atoms with Crippen LogP contribution < -0.4 is 19.7 Å². The maximum absolute atomic E-state index is 17.0. The quantitative estimate of drug-likeness (QED) is 0.304. The highest BCUT2D eigenvalue weighted by Crippen LogP contribution is 2.44. The van der Waals surface area contributed by atoms with Gasteiger partial charge in [0, 0.05) is 43.0 Å². The Morgan fingerprint density at radius 3 is 2.89 bits per heavy atom. The Balaban J connectivity index is 1.33. The van der Waals surface area contributed by atoms with Crippen molar-refractivity contribution in [3.05, 3.63) is 41.5 Å². The molecule has 9 nitrogen and oxygen atoms in total. The molecule has 0 unspecified atom stereocenters. The molecule has 0 amide bonds. The van der Waals surface area contributed by atoms with E-state index in [4.69, 9.17) is 20.9 Å². The number of aromatic hydroxyl groups is 1. The van der Waals surface area contributed by atoms with E-state index in [0.29, 0.717) is 42.6 Å². The standard InChI is InChI=1S/C34H33F3N6O3/c1-3-20-15-43-21(13-38-20)16-45-32-27-30(40-33(41-31(27)43)46-17-34-8-5-9-42(34)14-19(35)12-34)28(37)29(39-32)24-11-22(44)10-18-6-7-25(36)23(4-2)26(18)24/h2,6-7,10-11,19-21,38,44H,3,5,8-9,12-17H2,1H3/t19-,20-,21+,34+/m1/s1. The Bertz CT molecular complexity index is 1930. The summed E-state index contributed by atoms with van der Waals surface area (Å²) in [6.07, 6.45) is 7.76. The first-order chi connectivity index (χ1) is 22.3. The Hall–Kier alpha value is -4.34. The monoisotopic (exact) mass is 630 g/mol. The van der Waals surface area contributed by atoms with Crippen molar-refractivity contribution in [3.63, 3.8) is 0 Å². The number of piperazine rings is 1. The second-order valence-electron chi connectivity index (χ2n) is 12.8. The number of nitrogens with zero attached hydrogens (tertiary/aromatic N) is 5. The summed E-state index contributed by atoms with van der Waals surface area (Å²) >= 11 is 0. The first kappa shape index (κ1) is 29.1. The van der Waals surface area contributed by atoms with Crippen LogP contribution in [-0.2, 0) is 0 Å². The lowest BCUT2D eigenvalue weighted by Gasteiger charge is -2.39. The van der Waals surface area contributed by atoms with Gasteiger partial charge in [-0.15, -0.1) is 6.42 Å². The molecule has 3 fully saturated rings. The number of benzene rings is 2. The summed E-state index contributed by atoms with van der Waals surface area (Å²) < 4.78 is 58.9. The zero-order chi connectivity index (χ0) is 31.7. The smallest absolute Gasteiger partial charge is 0.319 e. The van der Waals surface area contributed by atoms with Crippen molar-refractivity contribution < 1.29 is 27.8 Å². The summed E-state index contributed by atoms with van der Waals surface area (Å²) in [5.41, 5.74) is -0.729. The van der Waals surface area contributed by atoms with Crippen LogP contribution in [0.1, 0.15) is 38.2 Å². The van der Waals surface area contributed by atoms with Gasteiger partial charge >= 0.3 is 6.01 Å². The van der Waals surface area contributed by atoms with E-state index in [-0.39, 0.29) is 70.7 Å². The number of terminal acetylenes is 1. The fourth-order valence-corrected chi connectivity index (χ4v) is 7.78. The van der Waals surface area contributed by atoms with Crippen LogP contribution in [0.2, 0.25) is 0 Å². The average molecular weight is 631 g/mol. The number of phenolic OH excluding ortho intramolecular Hbond substituents is 1. The van der Waals surface area contributed by atoms with E-state index >= 15 is 4.39 Å². The molecule has 4 aliphatic heterocycles. The van der Waals surface area contributed by atoms with E-state index in [0.717, 1.165) is 25.8 Å². The minimum Gasteiger partial charge on any atom is -0.508 e. The van der Waals surface area contributed by atoms with Gasteiger partial charge in [-0.3, -0.25) is 4.90 Å². The number of ether oxygens (including phenoxy) is 2. The molecule has 3 saturated heterocycles. The Morgan fingerprint density at radius 2 is 2.07 bits per heavy atom. The number of alkyl halides is 1. The van der Waals surface area contributed by atoms with Crippen LogP contribution in [0.5, 0.6) is 17.6 Å². The van der Waals surface area contributed by atoms with Crippen LogP contribution in [0.4, 0.5) is 19.0 Å². The molecule has 8 rings (SSSR count). The summed E-state index contributed by atoms with van der Waals surface area (Å²) in [5.74, 6) is 1.28. The van der Waals surface area contributed by atoms with Crippen LogP contribution in [0.3, 0.4) is 0 Å². The predicted octanol–water partition coefficient (Wildman–Crippen LogP) is 4.71.